The van der Waals surface area contributed by atoms with Crippen LogP contribution in [0.5, 0.6) is 5.75 Å². The minimum absolute atomic E-state index is 0.0799. The molecule has 0 unspecified atom stereocenters. The van der Waals surface area contributed by atoms with Crippen LogP contribution < -0.4 is 4.74 Å². The summed E-state index contributed by atoms with van der Waals surface area (Å²) in [6.07, 6.45) is 0. The zero-order valence-electron chi connectivity index (χ0n) is 13.6. The fourth-order valence-corrected chi connectivity index (χ4v) is 3.77. The number of benzene rings is 2. The van der Waals surface area contributed by atoms with Gasteiger partial charge in [-0.2, -0.15) is 4.31 Å². The summed E-state index contributed by atoms with van der Waals surface area (Å²) in [7, 11) is -0.767. The first-order chi connectivity index (χ1) is 10.8. The van der Waals surface area contributed by atoms with Gasteiger partial charge in [-0.1, -0.05) is 23.8 Å². The Hall–Kier alpha value is -1.92. The van der Waals surface area contributed by atoms with Crippen molar-refractivity contribution >= 4 is 10.0 Å². The van der Waals surface area contributed by atoms with Gasteiger partial charge in [0.05, 0.1) is 12.0 Å². The van der Waals surface area contributed by atoms with Gasteiger partial charge in [-0.15, -0.1) is 0 Å². The number of hydrogen-bond acceptors (Lipinski definition) is 3. The summed E-state index contributed by atoms with van der Waals surface area (Å²) in [6.45, 7) is 3.75. The number of halogens is 1. The molecule has 2 aromatic rings. The van der Waals surface area contributed by atoms with E-state index < -0.39 is 15.8 Å². The van der Waals surface area contributed by atoms with Crippen molar-refractivity contribution in [1.29, 1.82) is 0 Å². The molecule has 0 bridgehead atoms. The Morgan fingerprint density at radius 2 is 1.83 bits per heavy atom. The van der Waals surface area contributed by atoms with Gasteiger partial charge < -0.3 is 4.74 Å². The molecule has 23 heavy (non-hydrogen) atoms. The Balaban J connectivity index is 2.28. The van der Waals surface area contributed by atoms with Gasteiger partial charge in [0.1, 0.15) is 0 Å². The Morgan fingerprint density at radius 3 is 2.39 bits per heavy atom. The summed E-state index contributed by atoms with van der Waals surface area (Å²) >= 11 is 0. The lowest BCUT2D eigenvalue weighted by molar-refractivity contribution is 0.385. The van der Waals surface area contributed by atoms with Crippen molar-refractivity contribution in [2.75, 3.05) is 14.2 Å². The van der Waals surface area contributed by atoms with E-state index in [0.717, 1.165) is 5.56 Å². The highest BCUT2D eigenvalue weighted by Crippen LogP contribution is 2.23. The second-order valence-corrected chi connectivity index (χ2v) is 7.51. The topological polar surface area (TPSA) is 46.6 Å². The summed E-state index contributed by atoms with van der Waals surface area (Å²) < 4.78 is 45.2. The van der Waals surface area contributed by atoms with E-state index in [1.165, 1.54) is 30.6 Å². The lowest BCUT2D eigenvalue weighted by atomic mass is 10.2. The van der Waals surface area contributed by atoms with Crippen molar-refractivity contribution in [1.82, 2.24) is 4.31 Å². The minimum atomic E-state index is -3.63. The standard InChI is InChI=1S/C17H20FNO3S/c1-12-5-8-17(13(2)9-12)23(20,21)19(3)11-14-6-7-16(22-4)15(18)10-14/h5-10H,11H2,1-4H3. The molecular weight excluding hydrogens is 317 g/mol. The van der Waals surface area contributed by atoms with Gasteiger partial charge in [0.2, 0.25) is 10.0 Å². The zero-order valence-corrected chi connectivity index (χ0v) is 14.4. The SMILES string of the molecule is COc1ccc(CN(C)S(=O)(=O)c2ccc(C)cc2C)cc1F. The molecule has 6 heteroatoms. The second kappa shape index (κ2) is 6.68. The third-order valence-electron chi connectivity index (χ3n) is 3.64. The molecule has 0 amide bonds. The molecule has 0 N–H and O–H groups in total. The lowest BCUT2D eigenvalue weighted by Crippen LogP contribution is -2.27. The second-order valence-electron chi connectivity index (χ2n) is 5.50. The summed E-state index contributed by atoms with van der Waals surface area (Å²) in [6, 6.07) is 9.62. The molecule has 0 aliphatic rings. The van der Waals surface area contributed by atoms with E-state index in [4.69, 9.17) is 4.74 Å². The quantitative estimate of drug-likeness (QED) is 0.841. The van der Waals surface area contributed by atoms with Crippen molar-refractivity contribution in [2.45, 2.75) is 25.3 Å². The molecule has 2 rings (SSSR count). The van der Waals surface area contributed by atoms with Crippen LogP contribution in [0, 0.1) is 19.7 Å². The highest BCUT2D eigenvalue weighted by atomic mass is 32.2. The summed E-state index contributed by atoms with van der Waals surface area (Å²) in [4.78, 5) is 0.264. The zero-order chi connectivity index (χ0) is 17.2. The number of aryl methyl sites for hydroxylation is 2. The normalized spacial score (nSPS) is 11.7. The van der Waals surface area contributed by atoms with E-state index >= 15 is 0 Å². The third-order valence-corrected chi connectivity index (χ3v) is 5.60. The van der Waals surface area contributed by atoms with E-state index in [0.29, 0.717) is 11.1 Å². The van der Waals surface area contributed by atoms with Gasteiger partial charge in [-0.05, 0) is 43.2 Å². The van der Waals surface area contributed by atoms with Crippen LogP contribution >= 0.6 is 0 Å². The predicted octanol–water partition coefficient (Wildman–Crippen LogP) is 3.27. The average molecular weight is 337 g/mol. The first-order valence-corrected chi connectivity index (χ1v) is 8.55. The summed E-state index contributed by atoms with van der Waals surface area (Å²) in [5, 5.41) is 0. The van der Waals surface area contributed by atoms with Crippen molar-refractivity contribution < 1.29 is 17.5 Å². The molecule has 0 aliphatic carbocycles. The van der Waals surface area contributed by atoms with Gasteiger partial charge >= 0.3 is 0 Å². The number of rotatable bonds is 5. The fraction of sp³-hybridized carbons (Fsp3) is 0.294. The number of ether oxygens (including phenoxy) is 1. The van der Waals surface area contributed by atoms with E-state index in [-0.39, 0.29) is 17.2 Å². The number of sulfonamides is 1. The van der Waals surface area contributed by atoms with Crippen LogP contribution in [0.15, 0.2) is 41.3 Å². The Labute approximate surface area is 136 Å². The maximum atomic E-state index is 13.7. The molecule has 0 fully saturated rings. The molecule has 0 radical (unpaired) electrons. The maximum absolute atomic E-state index is 13.7. The lowest BCUT2D eigenvalue weighted by Gasteiger charge is -2.19. The largest absolute Gasteiger partial charge is 0.494 e. The van der Waals surface area contributed by atoms with E-state index in [1.54, 1.807) is 25.1 Å². The van der Waals surface area contributed by atoms with Crippen LogP contribution in [0.3, 0.4) is 0 Å². The van der Waals surface area contributed by atoms with Gasteiger partial charge in [-0.3, -0.25) is 0 Å². The monoisotopic (exact) mass is 337 g/mol. The van der Waals surface area contributed by atoms with Crippen LogP contribution in [0.1, 0.15) is 16.7 Å². The van der Waals surface area contributed by atoms with Crippen molar-refractivity contribution in [2.24, 2.45) is 0 Å². The van der Waals surface area contributed by atoms with Crippen molar-refractivity contribution in [3.63, 3.8) is 0 Å². The minimum Gasteiger partial charge on any atom is -0.494 e. The van der Waals surface area contributed by atoms with Crippen LogP contribution in [0.4, 0.5) is 4.39 Å². The molecule has 0 aromatic heterocycles. The molecular formula is C17H20FNO3S. The van der Waals surface area contributed by atoms with Crippen LogP contribution in [0.2, 0.25) is 0 Å². The van der Waals surface area contributed by atoms with E-state index in [9.17, 15) is 12.8 Å². The van der Waals surface area contributed by atoms with Crippen LogP contribution in [-0.2, 0) is 16.6 Å². The summed E-state index contributed by atoms with van der Waals surface area (Å²) in [5.74, 6) is -0.379. The highest BCUT2D eigenvalue weighted by molar-refractivity contribution is 7.89. The van der Waals surface area contributed by atoms with Gasteiger partial charge in [-0.25, -0.2) is 12.8 Å². The predicted molar refractivity (Wildman–Crippen MR) is 87.5 cm³/mol. The highest BCUT2D eigenvalue weighted by Gasteiger charge is 2.23. The molecule has 124 valence electrons. The Morgan fingerprint density at radius 1 is 1.13 bits per heavy atom. The van der Waals surface area contributed by atoms with E-state index in [2.05, 4.69) is 0 Å². The molecule has 0 spiro atoms. The van der Waals surface area contributed by atoms with Crippen LogP contribution in [-0.4, -0.2) is 26.9 Å². The van der Waals surface area contributed by atoms with Crippen molar-refractivity contribution in [3.05, 3.63) is 58.9 Å². The summed E-state index contributed by atoms with van der Waals surface area (Å²) in [5.41, 5.74) is 2.25. The molecule has 0 atom stereocenters. The van der Waals surface area contributed by atoms with Gasteiger partial charge in [0.25, 0.3) is 0 Å². The number of nitrogens with zero attached hydrogens (tertiary/aromatic N) is 1. The Bertz CT molecular complexity index is 819. The number of hydrogen-bond donors (Lipinski definition) is 0. The fourth-order valence-electron chi connectivity index (χ4n) is 2.41. The van der Waals surface area contributed by atoms with Crippen LogP contribution in [0.25, 0.3) is 0 Å². The molecule has 0 heterocycles. The molecule has 4 nitrogen and oxygen atoms in total. The molecule has 0 saturated heterocycles. The van der Waals surface area contributed by atoms with Crippen molar-refractivity contribution in [3.8, 4) is 5.75 Å². The molecule has 0 saturated carbocycles. The average Bonchev–Trinajstić information content (AvgIpc) is 2.47. The molecule has 2 aromatic carbocycles. The first kappa shape index (κ1) is 17.4. The maximum Gasteiger partial charge on any atom is 0.243 e. The smallest absolute Gasteiger partial charge is 0.243 e. The third kappa shape index (κ3) is 3.71. The van der Waals surface area contributed by atoms with Gasteiger partial charge in [0, 0.05) is 13.6 Å². The van der Waals surface area contributed by atoms with E-state index in [1.807, 2.05) is 13.0 Å². The Kier molecular flexibility index (Phi) is 5.06. The molecule has 0 aliphatic heterocycles. The number of methoxy groups -OCH3 is 1. The van der Waals surface area contributed by atoms with Gasteiger partial charge in [0.15, 0.2) is 11.6 Å². The first-order valence-electron chi connectivity index (χ1n) is 7.11.